The van der Waals surface area contributed by atoms with E-state index in [4.69, 9.17) is 28.9 Å². The maximum Gasteiger partial charge on any atom is 0.132 e. The molecule has 0 atom stereocenters. The fourth-order valence-corrected chi connectivity index (χ4v) is 2.41. The SMILES string of the molecule is C=CCn1c(CCC)nc(-c2ccc(Cl)c(Cl)c2)c1N. The monoisotopic (exact) mass is 309 g/mol. The fourth-order valence-electron chi connectivity index (χ4n) is 2.12. The first-order chi connectivity index (χ1) is 9.58. The Morgan fingerprint density at radius 3 is 2.70 bits per heavy atom. The lowest BCUT2D eigenvalue weighted by atomic mass is 10.1. The first kappa shape index (κ1) is 14.9. The van der Waals surface area contributed by atoms with E-state index in [1.165, 1.54) is 0 Å². The van der Waals surface area contributed by atoms with Gasteiger partial charge in [-0.05, 0) is 18.6 Å². The van der Waals surface area contributed by atoms with Crippen LogP contribution in [0.3, 0.4) is 0 Å². The summed E-state index contributed by atoms with van der Waals surface area (Å²) in [6, 6.07) is 5.42. The van der Waals surface area contributed by atoms with Crippen LogP contribution in [0.4, 0.5) is 5.82 Å². The molecular formula is C15H17Cl2N3. The molecule has 2 rings (SSSR count). The van der Waals surface area contributed by atoms with Gasteiger partial charge in [-0.15, -0.1) is 6.58 Å². The summed E-state index contributed by atoms with van der Waals surface area (Å²) < 4.78 is 1.98. The number of hydrogen-bond donors (Lipinski definition) is 1. The second-order valence-corrected chi connectivity index (χ2v) is 5.35. The van der Waals surface area contributed by atoms with Crippen LogP contribution >= 0.6 is 23.2 Å². The lowest BCUT2D eigenvalue weighted by molar-refractivity contribution is 0.724. The van der Waals surface area contributed by atoms with Gasteiger partial charge in [0.25, 0.3) is 0 Å². The number of benzene rings is 1. The molecule has 2 aromatic rings. The molecule has 1 aromatic carbocycles. The molecule has 1 aromatic heterocycles. The fraction of sp³-hybridized carbons (Fsp3) is 0.267. The summed E-state index contributed by atoms with van der Waals surface area (Å²) in [5, 5.41) is 1.02. The lowest BCUT2D eigenvalue weighted by Crippen LogP contribution is -2.05. The summed E-state index contributed by atoms with van der Waals surface area (Å²) in [7, 11) is 0. The average Bonchev–Trinajstić information content (AvgIpc) is 2.72. The van der Waals surface area contributed by atoms with Gasteiger partial charge in [-0.3, -0.25) is 0 Å². The summed E-state index contributed by atoms with van der Waals surface area (Å²) in [6.45, 7) is 6.52. The molecule has 5 heteroatoms. The standard InChI is InChI=1S/C15H17Cl2N3/c1-3-5-13-19-14(15(18)20(13)8-4-2)10-6-7-11(16)12(17)9-10/h4,6-7,9H,2-3,5,8,18H2,1H3. The van der Waals surface area contributed by atoms with E-state index in [1.54, 1.807) is 12.1 Å². The Hall–Kier alpha value is -1.45. The summed E-state index contributed by atoms with van der Waals surface area (Å²) in [5.74, 6) is 1.60. The number of aryl methyl sites for hydroxylation is 1. The second-order valence-electron chi connectivity index (χ2n) is 4.54. The second kappa shape index (κ2) is 6.33. The molecule has 20 heavy (non-hydrogen) atoms. The molecule has 106 valence electrons. The Kier molecular flexibility index (Phi) is 4.73. The normalized spacial score (nSPS) is 10.8. The molecule has 0 fully saturated rings. The summed E-state index contributed by atoms with van der Waals surface area (Å²) in [4.78, 5) is 4.65. The quantitative estimate of drug-likeness (QED) is 0.822. The van der Waals surface area contributed by atoms with Crippen LogP contribution in [0.25, 0.3) is 11.3 Å². The minimum atomic E-state index is 0.499. The number of anilines is 1. The number of aromatic nitrogens is 2. The van der Waals surface area contributed by atoms with E-state index in [2.05, 4.69) is 18.5 Å². The van der Waals surface area contributed by atoms with Crippen LogP contribution in [-0.4, -0.2) is 9.55 Å². The summed E-state index contributed by atoms with van der Waals surface area (Å²) in [5.41, 5.74) is 7.83. The third-order valence-corrected chi connectivity index (χ3v) is 3.80. The van der Waals surface area contributed by atoms with Gasteiger partial charge >= 0.3 is 0 Å². The highest BCUT2D eigenvalue weighted by Gasteiger charge is 2.15. The van der Waals surface area contributed by atoms with Crippen LogP contribution in [0, 0.1) is 0 Å². The molecule has 0 aliphatic rings. The number of halogens is 2. The average molecular weight is 310 g/mol. The van der Waals surface area contributed by atoms with Crippen molar-refractivity contribution in [3.8, 4) is 11.3 Å². The highest BCUT2D eigenvalue weighted by Crippen LogP contribution is 2.32. The van der Waals surface area contributed by atoms with Crippen molar-refractivity contribution >= 4 is 29.0 Å². The Morgan fingerprint density at radius 2 is 2.10 bits per heavy atom. The predicted molar refractivity (Wildman–Crippen MR) is 86.3 cm³/mol. The van der Waals surface area contributed by atoms with Crippen LogP contribution in [0.2, 0.25) is 10.0 Å². The third kappa shape index (κ3) is 2.84. The van der Waals surface area contributed by atoms with Crippen molar-refractivity contribution in [3.63, 3.8) is 0 Å². The van der Waals surface area contributed by atoms with E-state index in [0.717, 1.165) is 29.9 Å². The maximum atomic E-state index is 6.22. The van der Waals surface area contributed by atoms with Gasteiger partial charge < -0.3 is 10.3 Å². The number of nitrogen functional groups attached to an aromatic ring is 1. The molecule has 0 saturated heterocycles. The Labute approximate surface area is 129 Å². The number of allylic oxidation sites excluding steroid dienone is 1. The number of nitrogens with zero attached hydrogens (tertiary/aromatic N) is 2. The largest absolute Gasteiger partial charge is 0.383 e. The van der Waals surface area contributed by atoms with Crippen molar-refractivity contribution in [2.24, 2.45) is 0 Å². The van der Waals surface area contributed by atoms with E-state index < -0.39 is 0 Å². The van der Waals surface area contributed by atoms with Gasteiger partial charge in [0.1, 0.15) is 17.3 Å². The highest BCUT2D eigenvalue weighted by molar-refractivity contribution is 6.42. The zero-order valence-electron chi connectivity index (χ0n) is 11.4. The smallest absolute Gasteiger partial charge is 0.132 e. The molecule has 3 nitrogen and oxygen atoms in total. The Morgan fingerprint density at radius 1 is 1.35 bits per heavy atom. The number of rotatable bonds is 5. The predicted octanol–water partition coefficient (Wildman–Crippen LogP) is 4.58. The first-order valence-electron chi connectivity index (χ1n) is 6.49. The molecule has 0 spiro atoms. The minimum Gasteiger partial charge on any atom is -0.383 e. The van der Waals surface area contributed by atoms with Crippen LogP contribution in [0.5, 0.6) is 0 Å². The summed E-state index contributed by atoms with van der Waals surface area (Å²) >= 11 is 12.0. The van der Waals surface area contributed by atoms with Gasteiger partial charge in [-0.25, -0.2) is 4.98 Å². The topological polar surface area (TPSA) is 43.8 Å². The number of imidazole rings is 1. The van der Waals surface area contributed by atoms with Crippen molar-refractivity contribution in [3.05, 3.63) is 46.7 Å². The highest BCUT2D eigenvalue weighted by atomic mass is 35.5. The molecule has 1 heterocycles. The van der Waals surface area contributed by atoms with E-state index in [9.17, 15) is 0 Å². The van der Waals surface area contributed by atoms with Crippen molar-refractivity contribution in [1.29, 1.82) is 0 Å². The van der Waals surface area contributed by atoms with Crippen molar-refractivity contribution in [2.45, 2.75) is 26.3 Å². The van der Waals surface area contributed by atoms with Gasteiger partial charge in [-0.2, -0.15) is 0 Å². The van der Waals surface area contributed by atoms with Crippen LogP contribution < -0.4 is 5.73 Å². The van der Waals surface area contributed by atoms with Gasteiger partial charge in [0.05, 0.1) is 10.0 Å². The molecule has 0 unspecified atom stereocenters. The molecular weight excluding hydrogens is 293 g/mol. The Balaban J connectivity index is 2.53. The maximum absolute atomic E-state index is 6.22. The van der Waals surface area contributed by atoms with Crippen LogP contribution in [0.1, 0.15) is 19.2 Å². The zero-order valence-corrected chi connectivity index (χ0v) is 12.9. The molecule has 2 N–H and O–H groups in total. The van der Waals surface area contributed by atoms with Crippen molar-refractivity contribution < 1.29 is 0 Å². The van der Waals surface area contributed by atoms with E-state index in [-0.39, 0.29) is 0 Å². The third-order valence-electron chi connectivity index (χ3n) is 3.06. The van der Waals surface area contributed by atoms with Gasteiger partial charge in [0.2, 0.25) is 0 Å². The molecule has 0 amide bonds. The van der Waals surface area contributed by atoms with E-state index >= 15 is 0 Å². The van der Waals surface area contributed by atoms with Crippen molar-refractivity contribution in [2.75, 3.05) is 5.73 Å². The molecule has 0 radical (unpaired) electrons. The minimum absolute atomic E-state index is 0.499. The van der Waals surface area contributed by atoms with Crippen LogP contribution in [0.15, 0.2) is 30.9 Å². The molecule has 0 bridgehead atoms. The van der Waals surface area contributed by atoms with Crippen LogP contribution in [-0.2, 0) is 13.0 Å². The zero-order chi connectivity index (χ0) is 14.7. The van der Waals surface area contributed by atoms with Gasteiger partial charge in [0.15, 0.2) is 0 Å². The number of hydrogen-bond acceptors (Lipinski definition) is 2. The number of nitrogens with two attached hydrogens (primary N) is 1. The first-order valence-corrected chi connectivity index (χ1v) is 7.25. The van der Waals surface area contributed by atoms with Crippen molar-refractivity contribution in [1.82, 2.24) is 9.55 Å². The van der Waals surface area contributed by atoms with E-state index in [1.807, 2.05) is 16.7 Å². The lowest BCUT2D eigenvalue weighted by Gasteiger charge is -2.06. The molecule has 0 saturated carbocycles. The molecule has 0 aliphatic heterocycles. The Bertz CT molecular complexity index is 632. The summed E-state index contributed by atoms with van der Waals surface area (Å²) in [6.07, 6.45) is 3.70. The van der Waals surface area contributed by atoms with Gasteiger partial charge in [0, 0.05) is 18.5 Å². The molecule has 0 aliphatic carbocycles. The van der Waals surface area contributed by atoms with E-state index in [0.29, 0.717) is 22.4 Å². The van der Waals surface area contributed by atoms with Gasteiger partial charge in [-0.1, -0.05) is 42.3 Å².